The van der Waals surface area contributed by atoms with E-state index in [0.29, 0.717) is 24.7 Å². The molecule has 32 heavy (non-hydrogen) atoms. The predicted octanol–water partition coefficient (Wildman–Crippen LogP) is 5.00. The molecule has 0 radical (unpaired) electrons. The number of carboxylic acid groups (broad SMARTS) is 2. The van der Waals surface area contributed by atoms with E-state index in [1.54, 1.807) is 0 Å². The third kappa shape index (κ3) is 2.53. The van der Waals surface area contributed by atoms with Crippen molar-refractivity contribution in [1.82, 2.24) is 0 Å². The highest BCUT2D eigenvalue weighted by Crippen LogP contribution is 2.65. The largest absolute Gasteiger partial charge is 0.481 e. The second kappa shape index (κ2) is 6.89. The smallest absolute Gasteiger partial charge is 0.315 e. The van der Waals surface area contributed by atoms with Gasteiger partial charge in [0, 0.05) is 11.4 Å². The lowest BCUT2D eigenvalue weighted by atomic mass is 9.68. The summed E-state index contributed by atoms with van der Waals surface area (Å²) in [5, 5.41) is 20.5. The summed E-state index contributed by atoms with van der Waals surface area (Å²) in [6, 6.07) is -0.0450. The first kappa shape index (κ1) is 22.1. The molecule has 0 aliphatic heterocycles. The van der Waals surface area contributed by atoms with Crippen molar-refractivity contribution in [3.8, 4) is 0 Å². The van der Waals surface area contributed by atoms with Gasteiger partial charge in [-0.05, 0) is 74.0 Å². The molecule has 0 heterocycles. The van der Waals surface area contributed by atoms with Crippen molar-refractivity contribution in [1.29, 1.82) is 0 Å². The number of carbonyl (C=O) groups is 2. The van der Waals surface area contributed by atoms with E-state index >= 15 is 0 Å². The zero-order valence-electron chi connectivity index (χ0n) is 20.0. The summed E-state index contributed by atoms with van der Waals surface area (Å²) in [6.45, 7) is 8.42. The quantitative estimate of drug-likeness (QED) is 0.640. The van der Waals surface area contributed by atoms with Crippen LogP contribution in [-0.2, 0) is 9.59 Å². The molecule has 5 saturated carbocycles. The predicted molar refractivity (Wildman–Crippen MR) is 123 cm³/mol. The summed E-state index contributed by atoms with van der Waals surface area (Å²) in [5.41, 5.74) is -0.465. The van der Waals surface area contributed by atoms with Crippen LogP contribution in [0.25, 0.3) is 0 Å². The Morgan fingerprint density at radius 1 is 0.719 bits per heavy atom. The van der Waals surface area contributed by atoms with Crippen molar-refractivity contribution >= 4 is 23.4 Å². The third-order valence-corrected chi connectivity index (χ3v) is 10.9. The van der Waals surface area contributed by atoms with Crippen molar-refractivity contribution in [3.05, 3.63) is 0 Å². The molecule has 0 saturated heterocycles. The number of fused-ring (bicyclic) bond motifs is 4. The van der Waals surface area contributed by atoms with E-state index in [1.165, 1.54) is 0 Å². The zero-order chi connectivity index (χ0) is 23.1. The lowest BCUT2D eigenvalue weighted by molar-refractivity contribution is -0.149. The first-order valence-electron chi connectivity index (χ1n) is 12.6. The Kier molecular flexibility index (Phi) is 4.76. The summed E-state index contributed by atoms with van der Waals surface area (Å²) in [4.78, 5) is 35.4. The van der Waals surface area contributed by atoms with Crippen LogP contribution in [0, 0.1) is 33.5 Å². The van der Waals surface area contributed by atoms with Gasteiger partial charge in [-0.2, -0.15) is 0 Å². The van der Waals surface area contributed by atoms with E-state index in [1.807, 2.05) is 0 Å². The molecule has 5 rings (SSSR count). The molecule has 6 nitrogen and oxygen atoms in total. The van der Waals surface area contributed by atoms with Gasteiger partial charge in [0.15, 0.2) is 0 Å². The van der Waals surface area contributed by atoms with Crippen LogP contribution in [0.4, 0.5) is 0 Å². The number of hydrogen-bond acceptors (Lipinski definition) is 4. The van der Waals surface area contributed by atoms with Gasteiger partial charge in [0.05, 0.1) is 12.1 Å². The Balaban J connectivity index is 1.50. The van der Waals surface area contributed by atoms with Crippen molar-refractivity contribution in [2.45, 2.75) is 104 Å². The summed E-state index contributed by atoms with van der Waals surface area (Å²) in [7, 11) is 0. The highest BCUT2D eigenvalue weighted by atomic mass is 16.4. The minimum absolute atomic E-state index is 0.0225. The average molecular weight is 443 g/mol. The minimum atomic E-state index is -0.844. The van der Waals surface area contributed by atoms with E-state index in [-0.39, 0.29) is 22.9 Å². The molecule has 176 valence electrons. The molecule has 6 heteroatoms. The van der Waals surface area contributed by atoms with Crippen LogP contribution < -0.4 is 0 Å². The Morgan fingerprint density at radius 2 is 1.09 bits per heavy atom. The Bertz CT molecular complexity index is 845. The molecule has 6 atom stereocenters. The van der Waals surface area contributed by atoms with Crippen LogP contribution in [0.2, 0.25) is 0 Å². The fraction of sp³-hybridized carbons (Fsp3) is 0.846. The van der Waals surface area contributed by atoms with Gasteiger partial charge in [-0.3, -0.25) is 19.6 Å². The maximum atomic E-state index is 12.5. The van der Waals surface area contributed by atoms with Gasteiger partial charge in [-0.15, -0.1) is 0 Å². The summed E-state index contributed by atoms with van der Waals surface area (Å²) in [6.07, 6.45) is 8.85. The second-order valence-electron chi connectivity index (χ2n) is 12.3. The zero-order valence-corrected chi connectivity index (χ0v) is 20.0. The maximum Gasteiger partial charge on any atom is 0.315 e. The average Bonchev–Trinajstić information content (AvgIpc) is 3.30. The number of hydrogen-bond donors (Lipinski definition) is 2. The molecule has 0 spiro atoms. The Labute approximate surface area is 191 Å². The number of aliphatic imine (C=N–C) groups is 2. The van der Waals surface area contributed by atoms with Crippen LogP contribution in [0.1, 0.15) is 91.9 Å². The Hall–Kier alpha value is -1.72. The standard InChI is InChI=1S/C26H38N2O4/c1-23(2)15-9-11-25(23,21(29)30)19(13-15)27-17-7-5-6-8-18(17)28-20-14-16-10-12-26(20,22(31)32)24(16,3)4/h15-18H,5-14H2,1-4H3,(H,29,30)(H,31,32)/t15?,16?,17-,18-,25?,26?/m1/s1. The SMILES string of the molecule is CC1(C)C2CCC1(C(=O)O)C(=N[C@@H]1CCCC[C@H]1N=C1CC3CCC1(C(=O)O)C3(C)C)C2. The molecule has 4 bridgehead atoms. The monoisotopic (exact) mass is 442 g/mol. The van der Waals surface area contributed by atoms with Crippen LogP contribution in [-0.4, -0.2) is 45.7 Å². The topological polar surface area (TPSA) is 99.3 Å². The van der Waals surface area contributed by atoms with Gasteiger partial charge in [0.2, 0.25) is 0 Å². The number of nitrogens with zero attached hydrogens (tertiary/aromatic N) is 2. The summed E-state index contributed by atoms with van der Waals surface area (Å²) >= 11 is 0. The van der Waals surface area contributed by atoms with Crippen molar-refractivity contribution in [3.63, 3.8) is 0 Å². The lowest BCUT2D eigenvalue weighted by Gasteiger charge is -2.37. The molecular weight excluding hydrogens is 404 g/mol. The number of carboxylic acids is 2. The molecule has 5 aliphatic carbocycles. The molecular formula is C26H38N2O4. The normalized spacial score (nSPS) is 46.2. The molecule has 0 amide bonds. The molecule has 5 aliphatic rings. The first-order valence-corrected chi connectivity index (χ1v) is 12.6. The number of rotatable bonds is 4. The Morgan fingerprint density at radius 3 is 1.41 bits per heavy atom. The van der Waals surface area contributed by atoms with Gasteiger partial charge >= 0.3 is 11.9 Å². The van der Waals surface area contributed by atoms with Gasteiger partial charge < -0.3 is 10.2 Å². The maximum absolute atomic E-state index is 12.5. The molecule has 2 N–H and O–H groups in total. The van der Waals surface area contributed by atoms with Gasteiger partial charge in [-0.1, -0.05) is 40.5 Å². The van der Waals surface area contributed by atoms with Crippen LogP contribution >= 0.6 is 0 Å². The summed E-state index contributed by atoms with van der Waals surface area (Å²) in [5.74, 6) is -0.682. The van der Waals surface area contributed by atoms with E-state index in [0.717, 1.165) is 62.8 Å². The van der Waals surface area contributed by atoms with Crippen molar-refractivity contribution < 1.29 is 19.8 Å². The van der Waals surface area contributed by atoms with Crippen LogP contribution in [0.3, 0.4) is 0 Å². The van der Waals surface area contributed by atoms with Gasteiger partial charge in [0.1, 0.15) is 10.8 Å². The van der Waals surface area contributed by atoms with E-state index in [9.17, 15) is 19.8 Å². The molecule has 4 unspecified atom stereocenters. The lowest BCUT2D eigenvalue weighted by Crippen LogP contribution is -2.45. The second-order valence-corrected chi connectivity index (χ2v) is 12.3. The number of aliphatic carboxylic acids is 2. The van der Waals surface area contributed by atoms with Crippen LogP contribution in [0.5, 0.6) is 0 Å². The van der Waals surface area contributed by atoms with Crippen LogP contribution in [0.15, 0.2) is 9.98 Å². The fourth-order valence-electron chi connectivity index (χ4n) is 8.54. The molecule has 0 aromatic rings. The molecule has 5 fully saturated rings. The van der Waals surface area contributed by atoms with Crippen molar-refractivity contribution in [2.75, 3.05) is 0 Å². The summed E-state index contributed by atoms with van der Waals surface area (Å²) < 4.78 is 0. The molecule has 0 aromatic heterocycles. The fourth-order valence-corrected chi connectivity index (χ4v) is 8.54. The van der Waals surface area contributed by atoms with E-state index in [4.69, 9.17) is 9.98 Å². The highest BCUT2D eigenvalue weighted by Gasteiger charge is 2.68. The van der Waals surface area contributed by atoms with Gasteiger partial charge in [-0.25, -0.2) is 0 Å². The first-order chi connectivity index (χ1) is 15.0. The molecule has 0 aromatic carbocycles. The van der Waals surface area contributed by atoms with Gasteiger partial charge in [0.25, 0.3) is 0 Å². The van der Waals surface area contributed by atoms with E-state index < -0.39 is 22.8 Å². The van der Waals surface area contributed by atoms with E-state index in [2.05, 4.69) is 27.7 Å². The third-order valence-electron chi connectivity index (χ3n) is 10.9. The van der Waals surface area contributed by atoms with Crippen molar-refractivity contribution in [2.24, 2.45) is 43.5 Å². The highest BCUT2D eigenvalue weighted by molar-refractivity contribution is 6.10. The minimum Gasteiger partial charge on any atom is -0.481 e.